The van der Waals surface area contributed by atoms with Crippen LogP contribution in [0.2, 0.25) is 5.02 Å². The van der Waals surface area contributed by atoms with Gasteiger partial charge in [0.2, 0.25) is 0 Å². The van der Waals surface area contributed by atoms with Crippen LogP contribution in [0.25, 0.3) is 5.57 Å². The van der Waals surface area contributed by atoms with E-state index in [0.717, 1.165) is 28.4 Å². The molecule has 7 heteroatoms. The molecule has 0 amide bonds. The second kappa shape index (κ2) is 9.41. The third-order valence-corrected chi connectivity index (χ3v) is 7.82. The highest BCUT2D eigenvalue weighted by Crippen LogP contribution is 2.48. The number of likely N-dealkylation sites (N-methyl/N-ethyl adjacent to an activating group) is 1. The third-order valence-electron chi connectivity index (χ3n) is 7.18. The van der Waals surface area contributed by atoms with Crippen LogP contribution in [0.1, 0.15) is 56.6 Å². The van der Waals surface area contributed by atoms with Gasteiger partial charge in [-0.15, -0.1) is 0 Å². The fourth-order valence-electron chi connectivity index (χ4n) is 5.23. The molecule has 0 radical (unpaired) electrons. The molecule has 1 fully saturated rings. The molecule has 3 aromatic rings. The van der Waals surface area contributed by atoms with E-state index < -0.39 is 0 Å². The largest absolute Gasteiger partial charge is 0.494 e. The van der Waals surface area contributed by atoms with Crippen LogP contribution < -0.4 is 19.9 Å². The van der Waals surface area contributed by atoms with Crippen molar-refractivity contribution in [1.82, 2.24) is 10.3 Å². The van der Waals surface area contributed by atoms with Crippen molar-refractivity contribution in [2.45, 2.75) is 45.3 Å². The number of anilines is 2. The van der Waals surface area contributed by atoms with Gasteiger partial charge in [0.05, 0.1) is 29.9 Å². The lowest BCUT2D eigenvalue weighted by molar-refractivity contribution is 0.340. The molecule has 5 rings (SSSR count). The molecule has 0 aliphatic carbocycles. The Morgan fingerprint density at radius 1 is 1.14 bits per heavy atom. The van der Waals surface area contributed by atoms with Crippen molar-refractivity contribution in [3.63, 3.8) is 0 Å². The number of nitrogens with one attached hydrogen (secondary N) is 1. The van der Waals surface area contributed by atoms with Gasteiger partial charge in [-0.3, -0.25) is 4.98 Å². The van der Waals surface area contributed by atoms with Crippen molar-refractivity contribution in [2.75, 3.05) is 23.5 Å². The van der Waals surface area contributed by atoms with Crippen LogP contribution in [0.4, 0.5) is 11.4 Å². The number of fused-ring (bicyclic) bond motifs is 1. The number of nitrogens with zero attached hydrogens (tertiary/aromatic N) is 3. The van der Waals surface area contributed by atoms with Crippen molar-refractivity contribution in [3.05, 3.63) is 88.7 Å². The minimum absolute atomic E-state index is 0.0940. The Morgan fingerprint density at radius 3 is 2.56 bits per heavy atom. The number of ether oxygens (including phenoxy) is 1. The summed E-state index contributed by atoms with van der Waals surface area (Å²) in [5.41, 5.74) is 6.35. The van der Waals surface area contributed by atoms with Gasteiger partial charge in [-0.25, -0.2) is 0 Å². The minimum atomic E-state index is -0.184. The SMILES string of the molecule is CCOc1ccc(N2C(=S)N[C@@H](c3ccccn3)[C@H]2c2cc3c(cc2Cl)N(C)C(C)(C)C=C3C)cc1. The van der Waals surface area contributed by atoms with E-state index >= 15 is 0 Å². The Kier molecular flexibility index (Phi) is 6.43. The molecule has 5 nitrogen and oxygen atoms in total. The van der Waals surface area contributed by atoms with Gasteiger partial charge < -0.3 is 19.9 Å². The normalized spacial score (nSPS) is 20.6. The van der Waals surface area contributed by atoms with Crippen molar-refractivity contribution in [1.29, 1.82) is 0 Å². The fourth-order valence-corrected chi connectivity index (χ4v) is 5.85. The van der Waals surface area contributed by atoms with Crippen LogP contribution in [0.3, 0.4) is 0 Å². The summed E-state index contributed by atoms with van der Waals surface area (Å²) in [6.45, 7) is 9.20. The molecule has 1 aromatic heterocycles. The van der Waals surface area contributed by atoms with E-state index in [1.54, 1.807) is 0 Å². The Morgan fingerprint density at radius 2 is 1.89 bits per heavy atom. The predicted molar refractivity (Wildman–Crippen MR) is 153 cm³/mol. The van der Waals surface area contributed by atoms with Gasteiger partial charge in [-0.1, -0.05) is 23.7 Å². The van der Waals surface area contributed by atoms with E-state index in [4.69, 9.17) is 28.6 Å². The predicted octanol–water partition coefficient (Wildman–Crippen LogP) is 6.94. The van der Waals surface area contributed by atoms with E-state index in [-0.39, 0.29) is 17.6 Å². The van der Waals surface area contributed by atoms with Crippen LogP contribution in [0.5, 0.6) is 5.75 Å². The number of rotatable bonds is 5. The second-order valence-electron chi connectivity index (χ2n) is 9.85. The molecular formula is C29H31ClN4OS. The quantitative estimate of drug-likeness (QED) is 0.369. The summed E-state index contributed by atoms with van der Waals surface area (Å²) >= 11 is 13.0. The van der Waals surface area contributed by atoms with E-state index in [9.17, 15) is 0 Å². The monoisotopic (exact) mass is 518 g/mol. The maximum Gasteiger partial charge on any atom is 0.174 e. The maximum atomic E-state index is 7.08. The molecule has 0 unspecified atom stereocenters. The lowest BCUT2D eigenvalue weighted by Crippen LogP contribution is -2.42. The van der Waals surface area contributed by atoms with E-state index in [2.05, 4.69) is 66.1 Å². The van der Waals surface area contributed by atoms with Gasteiger partial charge in [-0.05, 0) is 99.6 Å². The summed E-state index contributed by atoms with van der Waals surface area (Å²) in [6, 6.07) is 18.0. The van der Waals surface area contributed by atoms with Crippen LogP contribution in [0.15, 0.2) is 66.9 Å². The molecule has 0 bridgehead atoms. The molecule has 2 atom stereocenters. The van der Waals surface area contributed by atoms with Gasteiger partial charge in [-0.2, -0.15) is 0 Å². The zero-order valence-electron chi connectivity index (χ0n) is 21.2. The first-order chi connectivity index (χ1) is 17.2. The standard InChI is InChI=1S/C29H31ClN4OS/c1-6-35-20-12-10-19(11-13-20)34-27(26(32-28(34)36)24-9-7-8-14-31-24)22-15-21-18(2)17-29(3,4)33(5)25(21)16-23(22)30/h7-17,26-27H,6H2,1-5H3,(H,32,36)/t26-,27+/m0/s1. The van der Waals surface area contributed by atoms with Gasteiger partial charge in [0.25, 0.3) is 0 Å². The summed E-state index contributed by atoms with van der Waals surface area (Å²) < 4.78 is 5.66. The average molecular weight is 519 g/mol. The van der Waals surface area contributed by atoms with Crippen molar-refractivity contribution >= 4 is 45.9 Å². The highest BCUT2D eigenvalue weighted by molar-refractivity contribution is 7.80. The Bertz CT molecular complexity index is 1320. The van der Waals surface area contributed by atoms with Gasteiger partial charge in [0.1, 0.15) is 5.75 Å². The lowest BCUT2D eigenvalue weighted by Gasteiger charge is -2.41. The number of pyridine rings is 1. The highest BCUT2D eigenvalue weighted by Gasteiger charge is 2.42. The molecular weight excluding hydrogens is 488 g/mol. The van der Waals surface area contributed by atoms with E-state index in [0.29, 0.717) is 16.7 Å². The molecule has 186 valence electrons. The maximum absolute atomic E-state index is 7.08. The van der Waals surface area contributed by atoms with Crippen molar-refractivity contribution in [2.24, 2.45) is 0 Å². The van der Waals surface area contributed by atoms with Crippen LogP contribution in [0, 0.1) is 0 Å². The Hall–Kier alpha value is -3.09. The van der Waals surface area contributed by atoms with Gasteiger partial charge in [0, 0.05) is 35.2 Å². The minimum Gasteiger partial charge on any atom is -0.494 e. The number of allylic oxidation sites excluding steroid dienone is 1. The molecule has 1 saturated heterocycles. The number of hydrogen-bond donors (Lipinski definition) is 1. The molecule has 2 aromatic carbocycles. The van der Waals surface area contributed by atoms with Crippen LogP contribution in [-0.4, -0.2) is 29.3 Å². The second-order valence-corrected chi connectivity index (χ2v) is 10.6. The highest BCUT2D eigenvalue weighted by atomic mass is 35.5. The molecule has 2 aliphatic heterocycles. The molecule has 0 spiro atoms. The summed E-state index contributed by atoms with van der Waals surface area (Å²) in [4.78, 5) is 9.10. The molecule has 36 heavy (non-hydrogen) atoms. The first-order valence-electron chi connectivity index (χ1n) is 12.2. The number of halogens is 1. The summed E-state index contributed by atoms with van der Waals surface area (Å²) in [5.74, 6) is 0.829. The van der Waals surface area contributed by atoms with Crippen LogP contribution in [-0.2, 0) is 0 Å². The first kappa shape index (κ1) is 24.6. The molecule has 1 N–H and O–H groups in total. The van der Waals surface area contributed by atoms with Crippen molar-refractivity contribution < 1.29 is 4.74 Å². The Balaban J connectivity index is 1.66. The number of benzene rings is 2. The molecule has 0 saturated carbocycles. The third kappa shape index (κ3) is 4.22. The van der Waals surface area contributed by atoms with E-state index in [1.807, 2.05) is 55.6 Å². The fraction of sp³-hybridized carbons (Fsp3) is 0.310. The smallest absolute Gasteiger partial charge is 0.174 e. The lowest BCUT2D eigenvalue weighted by atomic mass is 9.86. The topological polar surface area (TPSA) is 40.6 Å². The van der Waals surface area contributed by atoms with Gasteiger partial charge >= 0.3 is 0 Å². The number of hydrogen-bond acceptors (Lipinski definition) is 4. The first-order valence-corrected chi connectivity index (χ1v) is 13.0. The summed E-state index contributed by atoms with van der Waals surface area (Å²) in [5, 5.41) is 4.87. The molecule has 2 aliphatic rings. The van der Waals surface area contributed by atoms with Crippen LogP contribution >= 0.6 is 23.8 Å². The van der Waals surface area contributed by atoms with E-state index in [1.165, 1.54) is 11.1 Å². The average Bonchev–Trinajstić information content (AvgIpc) is 3.20. The zero-order valence-corrected chi connectivity index (χ0v) is 22.8. The molecule has 3 heterocycles. The summed E-state index contributed by atoms with van der Waals surface area (Å²) in [7, 11) is 2.12. The zero-order chi connectivity index (χ0) is 25.6. The Labute approximate surface area is 223 Å². The summed E-state index contributed by atoms with van der Waals surface area (Å²) in [6.07, 6.45) is 4.13. The number of thiocarbonyl (C=S) groups is 1. The van der Waals surface area contributed by atoms with Crippen molar-refractivity contribution in [3.8, 4) is 5.75 Å². The van der Waals surface area contributed by atoms with Gasteiger partial charge in [0.15, 0.2) is 5.11 Å². The number of aromatic nitrogens is 1.